The topological polar surface area (TPSA) is 61.3 Å². The van der Waals surface area contributed by atoms with E-state index in [-0.39, 0.29) is 24.0 Å². The fourth-order valence-electron chi connectivity index (χ4n) is 2.13. The smallest absolute Gasteiger partial charge is 0.191 e. The van der Waals surface area contributed by atoms with Gasteiger partial charge >= 0.3 is 0 Å². The number of aromatic nitrogens is 1. The third kappa shape index (κ3) is 7.29. The predicted octanol–water partition coefficient (Wildman–Crippen LogP) is 2.86. The van der Waals surface area contributed by atoms with Crippen LogP contribution in [0.25, 0.3) is 0 Å². The molecule has 0 aromatic carbocycles. The average molecular weight is 417 g/mol. The van der Waals surface area contributed by atoms with Gasteiger partial charge in [0.1, 0.15) is 5.82 Å². The SMILES string of the molecule is CCNC(=NCCCCNc1ccccn1)NC1CC1C.I. The van der Waals surface area contributed by atoms with Crippen LogP contribution in [0.1, 0.15) is 33.1 Å². The molecule has 1 aliphatic carbocycles. The molecular weight excluding hydrogens is 389 g/mol. The number of hydrogen-bond donors (Lipinski definition) is 3. The molecular formula is C16H28IN5. The summed E-state index contributed by atoms with van der Waals surface area (Å²) in [5.74, 6) is 2.69. The minimum Gasteiger partial charge on any atom is -0.370 e. The van der Waals surface area contributed by atoms with Gasteiger partial charge in [-0.25, -0.2) is 4.98 Å². The lowest BCUT2D eigenvalue weighted by Crippen LogP contribution is -2.39. The fourth-order valence-corrected chi connectivity index (χ4v) is 2.13. The van der Waals surface area contributed by atoms with Crippen LogP contribution in [-0.2, 0) is 0 Å². The quantitative estimate of drug-likeness (QED) is 0.264. The molecule has 3 N–H and O–H groups in total. The molecule has 0 amide bonds. The van der Waals surface area contributed by atoms with Gasteiger partial charge in [-0.05, 0) is 44.2 Å². The molecule has 0 spiro atoms. The van der Waals surface area contributed by atoms with E-state index in [1.165, 1.54) is 6.42 Å². The maximum absolute atomic E-state index is 4.62. The molecule has 0 radical (unpaired) electrons. The van der Waals surface area contributed by atoms with Crippen LogP contribution in [-0.4, -0.2) is 36.6 Å². The number of rotatable bonds is 8. The van der Waals surface area contributed by atoms with Crippen molar-refractivity contribution in [2.45, 2.75) is 39.2 Å². The lowest BCUT2D eigenvalue weighted by Gasteiger charge is -2.10. The minimum absolute atomic E-state index is 0. The van der Waals surface area contributed by atoms with Crippen molar-refractivity contribution < 1.29 is 0 Å². The van der Waals surface area contributed by atoms with Crippen molar-refractivity contribution in [1.29, 1.82) is 0 Å². The van der Waals surface area contributed by atoms with Crippen LogP contribution in [0.15, 0.2) is 29.4 Å². The number of hydrogen-bond acceptors (Lipinski definition) is 3. The summed E-state index contributed by atoms with van der Waals surface area (Å²) < 4.78 is 0. The molecule has 0 saturated heterocycles. The monoisotopic (exact) mass is 417 g/mol. The number of pyridine rings is 1. The van der Waals surface area contributed by atoms with Gasteiger partial charge < -0.3 is 16.0 Å². The molecule has 1 aromatic rings. The first kappa shape index (κ1) is 19.0. The first-order valence-electron chi connectivity index (χ1n) is 7.99. The summed E-state index contributed by atoms with van der Waals surface area (Å²) in [6, 6.07) is 6.53. The highest BCUT2D eigenvalue weighted by molar-refractivity contribution is 14.0. The number of aliphatic imine (C=N–C) groups is 1. The number of unbranched alkanes of at least 4 members (excludes halogenated alkanes) is 1. The van der Waals surface area contributed by atoms with E-state index in [1.54, 1.807) is 6.20 Å². The maximum Gasteiger partial charge on any atom is 0.191 e. The van der Waals surface area contributed by atoms with Gasteiger partial charge in [0.05, 0.1) is 0 Å². The van der Waals surface area contributed by atoms with E-state index in [2.05, 4.69) is 39.8 Å². The van der Waals surface area contributed by atoms with Gasteiger partial charge in [0.25, 0.3) is 0 Å². The number of nitrogens with one attached hydrogen (secondary N) is 3. The average Bonchev–Trinajstić information content (AvgIpc) is 3.19. The van der Waals surface area contributed by atoms with Crippen molar-refractivity contribution in [3.63, 3.8) is 0 Å². The molecule has 1 fully saturated rings. The van der Waals surface area contributed by atoms with Gasteiger partial charge in [-0.15, -0.1) is 24.0 Å². The highest BCUT2D eigenvalue weighted by Crippen LogP contribution is 2.28. The number of anilines is 1. The number of halogens is 1. The third-order valence-corrected chi connectivity index (χ3v) is 3.60. The Balaban J connectivity index is 0.00000242. The lowest BCUT2D eigenvalue weighted by molar-refractivity contribution is 0.738. The van der Waals surface area contributed by atoms with Gasteiger partial charge in [-0.1, -0.05) is 13.0 Å². The number of guanidine groups is 1. The van der Waals surface area contributed by atoms with Gasteiger partial charge in [0.2, 0.25) is 0 Å². The van der Waals surface area contributed by atoms with Crippen LogP contribution >= 0.6 is 24.0 Å². The number of nitrogens with zero attached hydrogens (tertiary/aromatic N) is 2. The van der Waals surface area contributed by atoms with E-state index >= 15 is 0 Å². The summed E-state index contributed by atoms with van der Waals surface area (Å²) >= 11 is 0. The molecule has 124 valence electrons. The zero-order valence-electron chi connectivity index (χ0n) is 13.5. The largest absolute Gasteiger partial charge is 0.370 e. The van der Waals surface area contributed by atoms with Crippen molar-refractivity contribution in [2.24, 2.45) is 10.9 Å². The highest BCUT2D eigenvalue weighted by Gasteiger charge is 2.33. The van der Waals surface area contributed by atoms with Crippen LogP contribution in [0.4, 0.5) is 5.82 Å². The Bertz CT molecular complexity index is 437. The highest BCUT2D eigenvalue weighted by atomic mass is 127. The second kappa shape index (κ2) is 10.6. The summed E-state index contributed by atoms with van der Waals surface area (Å²) in [7, 11) is 0. The Hall–Kier alpha value is -1.05. The molecule has 1 aliphatic rings. The Morgan fingerprint density at radius 1 is 1.36 bits per heavy atom. The van der Waals surface area contributed by atoms with E-state index < -0.39 is 0 Å². The predicted molar refractivity (Wildman–Crippen MR) is 104 cm³/mol. The van der Waals surface area contributed by atoms with Crippen molar-refractivity contribution in [3.8, 4) is 0 Å². The van der Waals surface area contributed by atoms with Crippen molar-refractivity contribution in [2.75, 3.05) is 25.0 Å². The Labute approximate surface area is 150 Å². The second-order valence-corrected chi connectivity index (χ2v) is 5.57. The zero-order valence-corrected chi connectivity index (χ0v) is 15.8. The first-order chi connectivity index (χ1) is 10.3. The third-order valence-electron chi connectivity index (χ3n) is 3.60. The molecule has 2 unspecified atom stereocenters. The summed E-state index contributed by atoms with van der Waals surface area (Å²) in [6.45, 7) is 7.08. The lowest BCUT2D eigenvalue weighted by atomic mass is 10.3. The maximum atomic E-state index is 4.62. The Morgan fingerprint density at radius 2 is 2.18 bits per heavy atom. The standard InChI is InChI=1S/C16H27N5.HI/c1-3-17-16(21-14-12-13(14)2)20-11-7-6-10-19-15-8-4-5-9-18-15;/h4-5,8-9,13-14H,3,6-7,10-12H2,1-2H3,(H,18,19)(H2,17,20,21);1H. The molecule has 22 heavy (non-hydrogen) atoms. The summed E-state index contributed by atoms with van der Waals surface area (Å²) in [5, 5.41) is 10.1. The molecule has 0 aliphatic heterocycles. The first-order valence-corrected chi connectivity index (χ1v) is 7.99. The van der Waals surface area contributed by atoms with Gasteiger partial charge in [0.15, 0.2) is 5.96 Å². The van der Waals surface area contributed by atoms with Crippen LogP contribution in [0.3, 0.4) is 0 Å². The van der Waals surface area contributed by atoms with Crippen LogP contribution < -0.4 is 16.0 Å². The molecule has 6 heteroatoms. The summed E-state index contributed by atoms with van der Waals surface area (Å²) in [4.78, 5) is 8.86. The van der Waals surface area contributed by atoms with Gasteiger partial charge in [-0.2, -0.15) is 0 Å². The van der Waals surface area contributed by atoms with Crippen LogP contribution in [0.5, 0.6) is 0 Å². The van der Waals surface area contributed by atoms with Crippen LogP contribution in [0, 0.1) is 5.92 Å². The van der Waals surface area contributed by atoms with Crippen LogP contribution in [0.2, 0.25) is 0 Å². The van der Waals surface area contributed by atoms with E-state index in [0.717, 1.165) is 50.2 Å². The summed E-state index contributed by atoms with van der Waals surface area (Å²) in [6.07, 6.45) is 5.24. The minimum atomic E-state index is 0. The Morgan fingerprint density at radius 3 is 2.82 bits per heavy atom. The van der Waals surface area contributed by atoms with Crippen molar-refractivity contribution in [1.82, 2.24) is 15.6 Å². The molecule has 1 heterocycles. The molecule has 2 atom stereocenters. The normalized spacial score (nSPS) is 20.0. The van der Waals surface area contributed by atoms with E-state index in [1.807, 2.05) is 18.2 Å². The Kier molecular flexibility index (Phi) is 9.19. The van der Waals surface area contributed by atoms with E-state index in [4.69, 9.17) is 0 Å². The zero-order chi connectivity index (χ0) is 14.9. The summed E-state index contributed by atoms with van der Waals surface area (Å²) in [5.41, 5.74) is 0. The second-order valence-electron chi connectivity index (χ2n) is 5.57. The molecule has 1 aromatic heterocycles. The van der Waals surface area contributed by atoms with Crippen molar-refractivity contribution >= 4 is 35.8 Å². The van der Waals surface area contributed by atoms with Gasteiger partial charge in [0, 0.05) is 31.9 Å². The van der Waals surface area contributed by atoms with E-state index in [9.17, 15) is 0 Å². The van der Waals surface area contributed by atoms with E-state index in [0.29, 0.717) is 6.04 Å². The van der Waals surface area contributed by atoms with Gasteiger partial charge in [-0.3, -0.25) is 4.99 Å². The van der Waals surface area contributed by atoms with Crippen molar-refractivity contribution in [3.05, 3.63) is 24.4 Å². The molecule has 1 saturated carbocycles. The molecule has 0 bridgehead atoms. The molecule has 5 nitrogen and oxygen atoms in total. The fraction of sp³-hybridized carbons (Fsp3) is 0.625. The molecule has 2 rings (SSSR count).